The second-order valence-corrected chi connectivity index (χ2v) is 6.52. The predicted octanol–water partition coefficient (Wildman–Crippen LogP) is 4.11. The third kappa shape index (κ3) is 5.13. The van der Waals surface area contributed by atoms with Crippen LogP contribution in [0.3, 0.4) is 0 Å². The minimum absolute atomic E-state index is 0.00121. The Balaban J connectivity index is 1.74. The Morgan fingerprint density at radius 3 is 2.36 bits per heavy atom. The quantitative estimate of drug-likeness (QED) is 0.579. The van der Waals surface area contributed by atoms with E-state index in [9.17, 15) is 9.59 Å². The Hall–Kier alpha value is -1.36. The molecule has 1 aromatic rings. The predicted molar refractivity (Wildman–Crippen MR) is 86.5 cm³/mol. The monoisotopic (exact) mass is 368 g/mol. The lowest BCUT2D eigenvalue weighted by molar-refractivity contribution is -0.149. The van der Waals surface area contributed by atoms with Crippen LogP contribution in [0.1, 0.15) is 39.0 Å². The van der Waals surface area contributed by atoms with E-state index in [0.717, 1.165) is 30.2 Å². The number of hydrogen-bond donors (Lipinski definition) is 0. The van der Waals surface area contributed by atoms with E-state index in [1.807, 2.05) is 19.1 Å². The smallest absolute Gasteiger partial charge is 0.311 e. The molecule has 1 aliphatic rings. The minimum Gasteiger partial charge on any atom is -0.466 e. The van der Waals surface area contributed by atoms with E-state index in [2.05, 4.69) is 15.9 Å². The number of carbonyl (C=O) groups is 2. The highest BCUT2D eigenvalue weighted by Crippen LogP contribution is 2.32. The van der Waals surface area contributed by atoms with Gasteiger partial charge in [-0.15, -0.1) is 0 Å². The summed E-state index contributed by atoms with van der Waals surface area (Å²) in [5.41, 5.74) is 0. The summed E-state index contributed by atoms with van der Waals surface area (Å²) < 4.78 is 11.3. The molecule has 0 aromatic heterocycles. The van der Waals surface area contributed by atoms with Gasteiger partial charge in [0.15, 0.2) is 0 Å². The van der Waals surface area contributed by atoms with Crippen molar-refractivity contribution in [3.8, 4) is 5.75 Å². The molecule has 0 saturated heterocycles. The lowest BCUT2D eigenvalue weighted by Crippen LogP contribution is -2.25. The van der Waals surface area contributed by atoms with Crippen molar-refractivity contribution in [2.75, 3.05) is 6.61 Å². The summed E-state index contributed by atoms with van der Waals surface area (Å²) in [5.74, 6) is 0.557. The molecular weight excluding hydrogens is 348 g/mol. The molecule has 2 rings (SSSR count). The Morgan fingerprint density at radius 1 is 1.14 bits per heavy atom. The molecule has 0 atom stereocenters. The zero-order chi connectivity index (χ0) is 15.9. The number of ether oxygens (including phenoxy) is 2. The van der Waals surface area contributed by atoms with Gasteiger partial charge in [0.25, 0.3) is 0 Å². The molecule has 1 saturated carbocycles. The fourth-order valence-electron chi connectivity index (χ4n) is 2.77. The third-order valence-corrected chi connectivity index (χ3v) is 4.50. The number of esters is 2. The van der Waals surface area contributed by atoms with Crippen LogP contribution in [0.4, 0.5) is 0 Å². The fourth-order valence-corrected chi connectivity index (χ4v) is 3.04. The Kier molecular flexibility index (Phi) is 6.43. The Labute approximate surface area is 139 Å². The van der Waals surface area contributed by atoms with E-state index < -0.39 is 0 Å². The zero-order valence-corrected chi connectivity index (χ0v) is 14.3. The van der Waals surface area contributed by atoms with E-state index in [4.69, 9.17) is 9.47 Å². The maximum absolute atomic E-state index is 12.0. The molecule has 0 heterocycles. The van der Waals surface area contributed by atoms with Gasteiger partial charge in [0.1, 0.15) is 5.75 Å². The van der Waals surface area contributed by atoms with Crippen LogP contribution < -0.4 is 4.74 Å². The Morgan fingerprint density at radius 2 is 1.77 bits per heavy atom. The second kappa shape index (κ2) is 8.32. The average Bonchev–Trinajstić information content (AvgIpc) is 2.50. The molecule has 0 aliphatic heterocycles. The highest BCUT2D eigenvalue weighted by Gasteiger charge is 2.28. The van der Waals surface area contributed by atoms with Crippen molar-refractivity contribution in [3.05, 3.63) is 28.7 Å². The van der Waals surface area contributed by atoms with E-state index >= 15 is 0 Å². The van der Waals surface area contributed by atoms with Crippen molar-refractivity contribution < 1.29 is 19.1 Å². The lowest BCUT2D eigenvalue weighted by atomic mass is 9.80. The molecular formula is C17H21BrO4. The van der Waals surface area contributed by atoms with Crippen LogP contribution in [0.25, 0.3) is 0 Å². The van der Waals surface area contributed by atoms with Crippen LogP contribution in [0.5, 0.6) is 5.75 Å². The number of hydrogen-bond acceptors (Lipinski definition) is 4. The molecule has 1 fully saturated rings. The van der Waals surface area contributed by atoms with Crippen molar-refractivity contribution in [2.45, 2.75) is 39.0 Å². The van der Waals surface area contributed by atoms with Crippen molar-refractivity contribution >= 4 is 27.9 Å². The van der Waals surface area contributed by atoms with Gasteiger partial charge >= 0.3 is 11.9 Å². The van der Waals surface area contributed by atoms with Gasteiger partial charge in [-0.3, -0.25) is 9.59 Å². The molecule has 4 nitrogen and oxygen atoms in total. The zero-order valence-electron chi connectivity index (χ0n) is 12.7. The fraction of sp³-hybridized carbons (Fsp3) is 0.529. The van der Waals surface area contributed by atoms with Crippen LogP contribution in [-0.2, 0) is 14.3 Å². The topological polar surface area (TPSA) is 52.6 Å². The summed E-state index contributed by atoms with van der Waals surface area (Å²) in [7, 11) is 0. The molecule has 0 unspecified atom stereocenters. The maximum atomic E-state index is 12.0. The maximum Gasteiger partial charge on any atom is 0.311 e. The summed E-state index contributed by atoms with van der Waals surface area (Å²) >= 11 is 3.34. The number of benzene rings is 1. The number of rotatable bonds is 5. The van der Waals surface area contributed by atoms with Crippen molar-refractivity contribution in [2.24, 2.45) is 11.8 Å². The number of carbonyl (C=O) groups excluding carboxylic acids is 2. The molecule has 1 aromatic carbocycles. The van der Waals surface area contributed by atoms with Crippen LogP contribution in [-0.4, -0.2) is 18.5 Å². The van der Waals surface area contributed by atoms with Crippen LogP contribution >= 0.6 is 15.9 Å². The van der Waals surface area contributed by atoms with Crippen molar-refractivity contribution in [1.82, 2.24) is 0 Å². The van der Waals surface area contributed by atoms with E-state index in [0.29, 0.717) is 24.7 Å². The second-order valence-electron chi connectivity index (χ2n) is 5.60. The summed E-state index contributed by atoms with van der Waals surface area (Å²) in [6.45, 7) is 2.25. The minimum atomic E-state index is -0.207. The van der Waals surface area contributed by atoms with Gasteiger partial charge in [-0.2, -0.15) is 0 Å². The van der Waals surface area contributed by atoms with Gasteiger partial charge < -0.3 is 9.47 Å². The van der Waals surface area contributed by atoms with Crippen LogP contribution in [0, 0.1) is 11.8 Å². The van der Waals surface area contributed by atoms with Crippen molar-refractivity contribution in [1.29, 1.82) is 0 Å². The molecule has 1 aliphatic carbocycles. The average molecular weight is 369 g/mol. The molecule has 0 N–H and O–H groups in total. The van der Waals surface area contributed by atoms with Gasteiger partial charge in [-0.05, 0) is 62.8 Å². The summed E-state index contributed by atoms with van der Waals surface area (Å²) in [6, 6.07) is 7.21. The van der Waals surface area contributed by atoms with Gasteiger partial charge in [-0.25, -0.2) is 0 Å². The normalized spacial score (nSPS) is 21.2. The third-order valence-electron chi connectivity index (χ3n) is 3.97. The van der Waals surface area contributed by atoms with E-state index in [1.165, 1.54) is 0 Å². The first-order valence-corrected chi connectivity index (χ1v) is 8.50. The highest BCUT2D eigenvalue weighted by molar-refractivity contribution is 9.10. The molecule has 0 radical (unpaired) electrons. The molecule has 22 heavy (non-hydrogen) atoms. The summed E-state index contributed by atoms with van der Waals surface area (Å²) in [4.78, 5) is 23.6. The van der Waals surface area contributed by atoms with Gasteiger partial charge in [0.2, 0.25) is 0 Å². The molecule has 0 amide bonds. The first-order valence-electron chi connectivity index (χ1n) is 7.71. The SMILES string of the molecule is CCOC(=O)C1CCC(CC(=O)Oc2ccc(Br)cc2)CC1. The first kappa shape index (κ1) is 17.0. The largest absolute Gasteiger partial charge is 0.466 e. The summed E-state index contributed by atoms with van der Waals surface area (Å²) in [5, 5.41) is 0. The Bertz CT molecular complexity index is 504. The standard InChI is InChI=1S/C17H21BrO4/c1-2-21-17(20)13-5-3-12(4-6-13)11-16(19)22-15-9-7-14(18)8-10-15/h7-10,12-13H,2-6,11H2,1H3. The molecule has 0 spiro atoms. The van der Waals surface area contributed by atoms with Gasteiger partial charge in [-0.1, -0.05) is 15.9 Å². The van der Waals surface area contributed by atoms with Crippen LogP contribution in [0.15, 0.2) is 28.7 Å². The molecule has 5 heteroatoms. The van der Waals surface area contributed by atoms with Crippen molar-refractivity contribution in [3.63, 3.8) is 0 Å². The highest BCUT2D eigenvalue weighted by atomic mass is 79.9. The molecule has 120 valence electrons. The van der Waals surface area contributed by atoms with Crippen LogP contribution in [0.2, 0.25) is 0 Å². The summed E-state index contributed by atoms with van der Waals surface area (Å²) in [6.07, 6.45) is 3.76. The molecule has 0 bridgehead atoms. The van der Waals surface area contributed by atoms with Gasteiger partial charge in [0.05, 0.1) is 12.5 Å². The number of halogens is 1. The first-order chi connectivity index (χ1) is 10.6. The lowest BCUT2D eigenvalue weighted by Gasteiger charge is -2.26. The van der Waals surface area contributed by atoms with E-state index in [-0.39, 0.29) is 17.9 Å². The van der Waals surface area contributed by atoms with Gasteiger partial charge in [0, 0.05) is 10.9 Å². The van der Waals surface area contributed by atoms with E-state index in [1.54, 1.807) is 12.1 Å².